The largest absolute Gasteiger partial charge is 0.472 e. The van der Waals surface area contributed by atoms with Gasteiger partial charge in [0.15, 0.2) is 0 Å². The first kappa shape index (κ1) is 13.0. The number of aryl methyl sites for hydroxylation is 1. The van der Waals surface area contributed by atoms with Crippen LogP contribution < -0.4 is 4.74 Å². The Morgan fingerprint density at radius 1 is 1.47 bits per heavy atom. The van der Waals surface area contributed by atoms with Crippen molar-refractivity contribution in [2.75, 3.05) is 0 Å². The maximum absolute atomic E-state index is 10.4. The third-order valence-corrected chi connectivity index (χ3v) is 2.64. The molecule has 98 valence electrons. The summed E-state index contributed by atoms with van der Waals surface area (Å²) in [5.74, 6) is 0.469. The molecule has 1 aromatic carbocycles. The number of aliphatic hydroxyl groups is 1. The summed E-state index contributed by atoms with van der Waals surface area (Å²) >= 11 is 0. The molecule has 0 atom stereocenters. The molecule has 0 spiro atoms. The molecule has 0 amide bonds. The highest BCUT2D eigenvalue weighted by molar-refractivity contribution is 5.56. The van der Waals surface area contributed by atoms with Gasteiger partial charge in [-0.3, -0.25) is 4.68 Å². The van der Waals surface area contributed by atoms with Gasteiger partial charge in [0, 0.05) is 24.9 Å². The molecular weight excluding hydrogens is 246 g/mol. The standard InChI is InChI=1S/C13H13N3O3/c1-16-6-5-13(15-16)19-8-11-10(7-17)3-2-4-12(11)14-9-18/h2-6,17H,7-8H2,1H3. The van der Waals surface area contributed by atoms with Gasteiger partial charge < -0.3 is 9.84 Å². The van der Waals surface area contributed by atoms with Gasteiger partial charge in [0.25, 0.3) is 0 Å². The van der Waals surface area contributed by atoms with Crippen molar-refractivity contribution < 1.29 is 14.6 Å². The van der Waals surface area contributed by atoms with Crippen molar-refractivity contribution in [1.29, 1.82) is 0 Å². The van der Waals surface area contributed by atoms with Gasteiger partial charge >= 0.3 is 0 Å². The Kier molecular flexibility index (Phi) is 4.07. The minimum absolute atomic E-state index is 0.150. The van der Waals surface area contributed by atoms with Crippen molar-refractivity contribution in [3.05, 3.63) is 41.6 Å². The SMILES string of the molecule is Cn1ccc(OCc2c(CO)cccc2N=C=O)n1. The maximum atomic E-state index is 10.4. The van der Waals surface area contributed by atoms with E-state index in [4.69, 9.17) is 4.74 Å². The number of benzene rings is 1. The third-order valence-electron chi connectivity index (χ3n) is 2.64. The number of aliphatic imine (C=N–C) groups is 1. The summed E-state index contributed by atoms with van der Waals surface area (Å²) in [6, 6.07) is 6.86. The van der Waals surface area contributed by atoms with E-state index in [0.717, 1.165) is 0 Å². The second kappa shape index (κ2) is 5.95. The van der Waals surface area contributed by atoms with Gasteiger partial charge in [-0.25, -0.2) is 4.79 Å². The van der Waals surface area contributed by atoms with E-state index in [-0.39, 0.29) is 13.2 Å². The fourth-order valence-corrected chi connectivity index (χ4v) is 1.71. The van der Waals surface area contributed by atoms with Crippen molar-refractivity contribution in [2.24, 2.45) is 12.0 Å². The van der Waals surface area contributed by atoms with Gasteiger partial charge in [-0.1, -0.05) is 12.1 Å². The second-order valence-electron chi connectivity index (χ2n) is 3.89. The summed E-state index contributed by atoms with van der Waals surface area (Å²) in [4.78, 5) is 14.0. The van der Waals surface area contributed by atoms with Crippen LogP contribution >= 0.6 is 0 Å². The molecule has 19 heavy (non-hydrogen) atoms. The normalized spacial score (nSPS) is 10.0. The van der Waals surface area contributed by atoms with E-state index < -0.39 is 0 Å². The average Bonchev–Trinajstić information content (AvgIpc) is 2.83. The fourth-order valence-electron chi connectivity index (χ4n) is 1.71. The van der Waals surface area contributed by atoms with Crippen molar-refractivity contribution in [2.45, 2.75) is 13.2 Å². The van der Waals surface area contributed by atoms with Crippen molar-refractivity contribution >= 4 is 11.8 Å². The van der Waals surface area contributed by atoms with Crippen LogP contribution in [0.2, 0.25) is 0 Å². The molecule has 1 N–H and O–H groups in total. The van der Waals surface area contributed by atoms with Crippen LogP contribution in [0.25, 0.3) is 0 Å². The van der Waals surface area contributed by atoms with E-state index in [9.17, 15) is 9.90 Å². The molecule has 2 rings (SSSR count). The van der Waals surface area contributed by atoms with E-state index in [0.29, 0.717) is 22.7 Å². The lowest BCUT2D eigenvalue weighted by Crippen LogP contribution is -2.01. The van der Waals surface area contributed by atoms with Crippen molar-refractivity contribution in [3.8, 4) is 5.88 Å². The molecule has 0 aliphatic heterocycles. The van der Waals surface area contributed by atoms with Crippen LogP contribution in [0.4, 0.5) is 5.69 Å². The first-order chi connectivity index (χ1) is 9.24. The molecule has 0 fully saturated rings. The highest BCUT2D eigenvalue weighted by Crippen LogP contribution is 2.24. The van der Waals surface area contributed by atoms with Gasteiger partial charge in [0.05, 0.1) is 12.3 Å². The monoisotopic (exact) mass is 259 g/mol. The van der Waals surface area contributed by atoms with E-state index >= 15 is 0 Å². The zero-order valence-electron chi connectivity index (χ0n) is 10.4. The lowest BCUT2D eigenvalue weighted by atomic mass is 10.1. The summed E-state index contributed by atoms with van der Waals surface area (Å²) < 4.78 is 7.13. The van der Waals surface area contributed by atoms with Gasteiger partial charge in [-0.2, -0.15) is 4.99 Å². The summed E-state index contributed by atoms with van der Waals surface area (Å²) in [5.41, 5.74) is 1.75. The summed E-state index contributed by atoms with van der Waals surface area (Å²) in [7, 11) is 1.79. The topological polar surface area (TPSA) is 76.7 Å². The quantitative estimate of drug-likeness (QED) is 0.651. The third kappa shape index (κ3) is 3.07. The predicted octanol–water partition coefficient (Wildman–Crippen LogP) is 1.46. The first-order valence-electron chi connectivity index (χ1n) is 5.66. The molecule has 6 nitrogen and oxygen atoms in total. The van der Waals surface area contributed by atoms with E-state index in [1.54, 1.807) is 42.2 Å². The Morgan fingerprint density at radius 3 is 2.95 bits per heavy atom. The summed E-state index contributed by atoms with van der Waals surface area (Å²) in [6.07, 6.45) is 3.26. The molecule has 6 heteroatoms. The van der Waals surface area contributed by atoms with Crippen LogP contribution in [0.15, 0.2) is 35.5 Å². The van der Waals surface area contributed by atoms with Gasteiger partial charge in [0.1, 0.15) is 6.61 Å². The molecule has 0 radical (unpaired) electrons. The number of nitrogens with zero attached hydrogens (tertiary/aromatic N) is 3. The van der Waals surface area contributed by atoms with Crippen LogP contribution in [0.5, 0.6) is 5.88 Å². The van der Waals surface area contributed by atoms with Crippen LogP contribution in [0.3, 0.4) is 0 Å². The number of aliphatic hydroxyl groups excluding tert-OH is 1. The van der Waals surface area contributed by atoms with E-state index in [1.165, 1.54) is 6.08 Å². The Morgan fingerprint density at radius 2 is 2.32 bits per heavy atom. The minimum atomic E-state index is -0.150. The van der Waals surface area contributed by atoms with Crippen molar-refractivity contribution in [1.82, 2.24) is 9.78 Å². The predicted molar refractivity (Wildman–Crippen MR) is 67.7 cm³/mol. The number of rotatable bonds is 5. The number of carbonyl (C=O) groups excluding carboxylic acids is 1. The Labute approximate surface area is 110 Å². The average molecular weight is 259 g/mol. The highest BCUT2D eigenvalue weighted by Gasteiger charge is 2.09. The van der Waals surface area contributed by atoms with Gasteiger partial charge in [-0.05, 0) is 11.6 Å². The molecule has 0 aliphatic carbocycles. The van der Waals surface area contributed by atoms with E-state index in [1.807, 2.05) is 0 Å². The number of ether oxygens (including phenoxy) is 1. The zero-order valence-corrected chi connectivity index (χ0v) is 10.4. The van der Waals surface area contributed by atoms with Crippen molar-refractivity contribution in [3.63, 3.8) is 0 Å². The summed E-state index contributed by atoms with van der Waals surface area (Å²) in [6.45, 7) is 0.0252. The van der Waals surface area contributed by atoms with Gasteiger partial charge in [0.2, 0.25) is 12.0 Å². The number of isocyanates is 1. The lowest BCUT2D eigenvalue weighted by Gasteiger charge is -2.10. The van der Waals surface area contributed by atoms with Crippen LogP contribution in [-0.2, 0) is 25.1 Å². The molecule has 0 unspecified atom stereocenters. The minimum Gasteiger partial charge on any atom is -0.472 e. The van der Waals surface area contributed by atoms with Crippen LogP contribution in [0, 0.1) is 0 Å². The zero-order chi connectivity index (χ0) is 13.7. The first-order valence-corrected chi connectivity index (χ1v) is 5.66. The second-order valence-corrected chi connectivity index (χ2v) is 3.89. The van der Waals surface area contributed by atoms with E-state index in [2.05, 4.69) is 10.1 Å². The Balaban J connectivity index is 2.24. The Bertz CT molecular complexity index is 615. The number of hydrogen-bond acceptors (Lipinski definition) is 5. The molecule has 0 saturated carbocycles. The van der Waals surface area contributed by atoms with Crippen LogP contribution in [-0.4, -0.2) is 21.0 Å². The molecule has 2 aromatic rings. The molecular formula is C13H13N3O3. The Hall–Kier alpha value is -2.43. The van der Waals surface area contributed by atoms with Crippen LogP contribution in [0.1, 0.15) is 11.1 Å². The molecule has 0 bridgehead atoms. The highest BCUT2D eigenvalue weighted by atomic mass is 16.5. The fraction of sp³-hybridized carbons (Fsp3) is 0.231. The smallest absolute Gasteiger partial charge is 0.240 e. The summed E-state index contributed by atoms with van der Waals surface area (Å²) in [5, 5.41) is 13.4. The molecule has 0 aliphatic rings. The van der Waals surface area contributed by atoms with Gasteiger partial charge in [-0.15, -0.1) is 5.10 Å². The lowest BCUT2D eigenvalue weighted by molar-refractivity contribution is 0.265. The molecule has 1 aromatic heterocycles. The molecule has 1 heterocycles. The molecule has 0 saturated heterocycles. The number of hydrogen-bond donors (Lipinski definition) is 1. The number of aromatic nitrogens is 2. The maximum Gasteiger partial charge on any atom is 0.240 e.